The maximum absolute atomic E-state index is 5.59. The van der Waals surface area contributed by atoms with E-state index in [0.717, 1.165) is 45.4 Å². The van der Waals surface area contributed by atoms with Crippen LogP contribution in [0.4, 0.5) is 0 Å². The Hall–Kier alpha value is -0.860. The van der Waals surface area contributed by atoms with E-state index in [1.807, 2.05) is 7.05 Å². The molecule has 3 aliphatic rings. The van der Waals surface area contributed by atoms with Crippen LogP contribution in [0.15, 0.2) is 29.3 Å². The first-order chi connectivity index (χ1) is 13.2. The second kappa shape index (κ2) is 9.76. The molecule has 6 heteroatoms. The summed E-state index contributed by atoms with van der Waals surface area (Å²) in [5, 5.41) is 3.71. The number of benzene rings is 1. The number of aryl methyl sites for hydroxylation is 1. The predicted molar refractivity (Wildman–Crippen MR) is 126 cm³/mol. The maximum Gasteiger partial charge on any atom is 0.193 e. The number of hydrogen-bond acceptors (Lipinski definition) is 3. The fourth-order valence-corrected chi connectivity index (χ4v) is 4.95. The molecule has 2 aliphatic heterocycles. The highest BCUT2D eigenvalue weighted by molar-refractivity contribution is 14.0. The first kappa shape index (κ1) is 21.8. The summed E-state index contributed by atoms with van der Waals surface area (Å²) in [4.78, 5) is 9.64. The van der Waals surface area contributed by atoms with Gasteiger partial charge in [-0.25, -0.2) is 0 Å². The second-order valence-corrected chi connectivity index (χ2v) is 8.53. The third kappa shape index (κ3) is 4.82. The lowest BCUT2D eigenvalue weighted by atomic mass is 9.68. The number of hydrogen-bond donors (Lipinski definition) is 1. The van der Waals surface area contributed by atoms with Crippen LogP contribution in [0.2, 0.25) is 0 Å². The van der Waals surface area contributed by atoms with Gasteiger partial charge in [-0.1, -0.05) is 36.2 Å². The number of ether oxygens (including phenoxy) is 1. The van der Waals surface area contributed by atoms with E-state index in [1.54, 1.807) is 0 Å². The molecule has 2 heterocycles. The van der Waals surface area contributed by atoms with Gasteiger partial charge in [-0.2, -0.15) is 0 Å². The topological polar surface area (TPSA) is 40.1 Å². The molecule has 1 saturated carbocycles. The Morgan fingerprint density at radius 1 is 1.21 bits per heavy atom. The Kier molecular flexibility index (Phi) is 7.61. The number of halogens is 1. The van der Waals surface area contributed by atoms with E-state index < -0.39 is 0 Å². The summed E-state index contributed by atoms with van der Waals surface area (Å²) >= 11 is 0. The maximum atomic E-state index is 5.59. The molecular formula is C22H35IN4O. The van der Waals surface area contributed by atoms with Crippen molar-refractivity contribution in [2.45, 2.75) is 38.6 Å². The van der Waals surface area contributed by atoms with Crippen LogP contribution in [-0.4, -0.2) is 68.7 Å². The summed E-state index contributed by atoms with van der Waals surface area (Å²) in [6, 6.07) is 9.29. The number of rotatable bonds is 4. The first-order valence-corrected chi connectivity index (χ1v) is 10.5. The lowest BCUT2D eigenvalue weighted by Gasteiger charge is -2.38. The van der Waals surface area contributed by atoms with Crippen LogP contribution in [0.3, 0.4) is 0 Å². The van der Waals surface area contributed by atoms with E-state index in [2.05, 4.69) is 51.3 Å². The van der Waals surface area contributed by atoms with Crippen LogP contribution in [-0.2, 0) is 4.74 Å². The summed E-state index contributed by atoms with van der Waals surface area (Å²) in [7, 11) is 1.92. The van der Waals surface area contributed by atoms with Gasteiger partial charge in [0.1, 0.15) is 0 Å². The zero-order chi connectivity index (χ0) is 18.7. The van der Waals surface area contributed by atoms with Crippen LogP contribution in [0.5, 0.6) is 0 Å². The minimum atomic E-state index is 0. The molecule has 1 N–H and O–H groups in total. The quantitative estimate of drug-likeness (QED) is 0.393. The van der Waals surface area contributed by atoms with Crippen molar-refractivity contribution >= 4 is 29.9 Å². The molecule has 1 unspecified atom stereocenters. The Morgan fingerprint density at radius 3 is 2.61 bits per heavy atom. The second-order valence-electron chi connectivity index (χ2n) is 8.53. The molecule has 1 aromatic carbocycles. The van der Waals surface area contributed by atoms with E-state index in [-0.39, 0.29) is 24.0 Å². The number of likely N-dealkylation sites (tertiary alicyclic amines) is 1. The fraction of sp³-hybridized carbons (Fsp3) is 0.682. The van der Waals surface area contributed by atoms with Crippen molar-refractivity contribution in [3.63, 3.8) is 0 Å². The third-order valence-electron chi connectivity index (χ3n) is 6.73. The van der Waals surface area contributed by atoms with Crippen LogP contribution in [0, 0.1) is 12.3 Å². The first-order valence-electron chi connectivity index (χ1n) is 10.5. The van der Waals surface area contributed by atoms with E-state index in [9.17, 15) is 0 Å². The number of nitrogens with zero attached hydrogens (tertiary/aromatic N) is 3. The summed E-state index contributed by atoms with van der Waals surface area (Å²) in [6.07, 6.45) is 5.55. The zero-order valence-corrected chi connectivity index (χ0v) is 19.7. The molecule has 1 atom stereocenters. The smallest absolute Gasteiger partial charge is 0.193 e. The molecule has 0 radical (unpaired) electrons. The summed E-state index contributed by atoms with van der Waals surface area (Å²) in [5.74, 6) is 1.07. The highest BCUT2D eigenvalue weighted by Gasteiger charge is 2.43. The van der Waals surface area contributed by atoms with Crippen LogP contribution >= 0.6 is 24.0 Å². The van der Waals surface area contributed by atoms with Gasteiger partial charge in [0.25, 0.3) is 0 Å². The molecule has 28 heavy (non-hydrogen) atoms. The average molecular weight is 498 g/mol. The minimum Gasteiger partial charge on any atom is -0.379 e. The Morgan fingerprint density at radius 2 is 2.00 bits per heavy atom. The molecule has 4 rings (SSSR count). The molecule has 1 aromatic rings. The van der Waals surface area contributed by atoms with Crippen molar-refractivity contribution in [1.29, 1.82) is 0 Å². The van der Waals surface area contributed by atoms with Crippen molar-refractivity contribution in [3.8, 4) is 0 Å². The average Bonchev–Trinajstić information content (AvgIpc) is 3.12. The molecule has 0 aromatic heterocycles. The van der Waals surface area contributed by atoms with Crippen LogP contribution in [0.25, 0.3) is 0 Å². The predicted octanol–water partition coefficient (Wildman–Crippen LogP) is 3.44. The number of morpholine rings is 1. The Labute approximate surface area is 186 Å². The van der Waals surface area contributed by atoms with Crippen molar-refractivity contribution in [3.05, 3.63) is 35.4 Å². The van der Waals surface area contributed by atoms with Gasteiger partial charge < -0.3 is 15.0 Å². The molecule has 156 valence electrons. The van der Waals surface area contributed by atoms with Crippen molar-refractivity contribution in [1.82, 2.24) is 15.1 Å². The van der Waals surface area contributed by atoms with Crippen molar-refractivity contribution < 1.29 is 4.74 Å². The van der Waals surface area contributed by atoms with Gasteiger partial charge >= 0.3 is 0 Å². The van der Waals surface area contributed by atoms with Gasteiger partial charge in [0, 0.05) is 39.8 Å². The van der Waals surface area contributed by atoms with E-state index in [1.165, 1.54) is 43.4 Å². The van der Waals surface area contributed by atoms with Gasteiger partial charge in [-0.15, -0.1) is 24.0 Å². The molecule has 1 spiro atoms. The molecule has 0 bridgehead atoms. The SMILES string of the molecule is CN=C(NCC(c1cccc(C)c1)N1CCOCC1)N1CCC2(CCC2)C1.I. The molecule has 3 fully saturated rings. The Bertz CT molecular complexity index is 670. The highest BCUT2D eigenvalue weighted by atomic mass is 127. The number of guanidine groups is 1. The molecule has 5 nitrogen and oxygen atoms in total. The van der Waals surface area contributed by atoms with E-state index >= 15 is 0 Å². The lowest BCUT2D eigenvalue weighted by Crippen LogP contribution is -2.47. The van der Waals surface area contributed by atoms with Crippen LogP contribution < -0.4 is 5.32 Å². The summed E-state index contributed by atoms with van der Waals surface area (Å²) in [6.45, 7) is 9.02. The summed E-state index contributed by atoms with van der Waals surface area (Å²) in [5.41, 5.74) is 3.30. The third-order valence-corrected chi connectivity index (χ3v) is 6.73. The molecular weight excluding hydrogens is 463 g/mol. The normalized spacial score (nSPS) is 23.2. The molecule has 0 amide bonds. The zero-order valence-electron chi connectivity index (χ0n) is 17.3. The fourth-order valence-electron chi connectivity index (χ4n) is 4.95. The lowest BCUT2D eigenvalue weighted by molar-refractivity contribution is 0.0169. The van der Waals surface area contributed by atoms with E-state index in [0.29, 0.717) is 11.5 Å². The monoisotopic (exact) mass is 498 g/mol. The largest absolute Gasteiger partial charge is 0.379 e. The summed E-state index contributed by atoms with van der Waals surface area (Å²) < 4.78 is 5.59. The minimum absolute atomic E-state index is 0. The van der Waals surface area contributed by atoms with Crippen LogP contribution in [0.1, 0.15) is 42.9 Å². The number of aliphatic imine (C=N–C) groups is 1. The van der Waals surface area contributed by atoms with Gasteiger partial charge in [0.2, 0.25) is 0 Å². The van der Waals surface area contributed by atoms with Crippen molar-refractivity contribution in [2.24, 2.45) is 10.4 Å². The van der Waals surface area contributed by atoms with Gasteiger partial charge in [-0.3, -0.25) is 9.89 Å². The highest BCUT2D eigenvalue weighted by Crippen LogP contribution is 2.47. The van der Waals surface area contributed by atoms with Gasteiger partial charge in [0.15, 0.2) is 5.96 Å². The van der Waals surface area contributed by atoms with Gasteiger partial charge in [-0.05, 0) is 37.2 Å². The number of nitrogens with one attached hydrogen (secondary N) is 1. The van der Waals surface area contributed by atoms with Gasteiger partial charge in [0.05, 0.1) is 19.3 Å². The van der Waals surface area contributed by atoms with E-state index in [4.69, 9.17) is 4.74 Å². The standard InChI is InChI=1S/C22H34N4O.HI/c1-18-5-3-6-19(15-18)20(25-11-13-27-14-12-25)16-24-21(23-2)26-10-9-22(17-26)7-4-8-22;/h3,5-6,15,20H,4,7-14,16-17H2,1-2H3,(H,23,24);1H. The van der Waals surface area contributed by atoms with Crippen molar-refractivity contribution in [2.75, 3.05) is 53.0 Å². The Balaban J connectivity index is 0.00000225. The molecule has 1 aliphatic carbocycles. The molecule has 2 saturated heterocycles.